The Hall–Kier alpha value is -3.09. The van der Waals surface area contributed by atoms with Crippen LogP contribution in [0.15, 0.2) is 47.1 Å². The van der Waals surface area contributed by atoms with Gasteiger partial charge in [-0.25, -0.2) is 0 Å². The van der Waals surface area contributed by atoms with Crippen molar-refractivity contribution in [3.05, 3.63) is 54.0 Å². The molecule has 7 nitrogen and oxygen atoms in total. The highest BCUT2D eigenvalue weighted by Gasteiger charge is 2.36. The van der Waals surface area contributed by atoms with Crippen molar-refractivity contribution in [1.82, 2.24) is 10.6 Å². The van der Waals surface area contributed by atoms with Gasteiger partial charge in [0.2, 0.25) is 0 Å². The number of benzene rings is 1. The van der Waals surface area contributed by atoms with Crippen LogP contribution in [0.4, 0.5) is 5.69 Å². The standard InChI is InChI=1S/C16H15N3O4/c1-19-12-7-3-2-6-11(12)13(16(19)22)18-15(21)14(20)17-9-10-5-4-8-23-10/h2-8,13H,9H2,1H3,(H,17,20)(H,18,21)/t13-/m1/s1. The summed E-state index contributed by atoms with van der Waals surface area (Å²) in [4.78, 5) is 37.5. The molecule has 0 unspecified atom stereocenters. The SMILES string of the molecule is CN1C(=O)[C@H](NC(=O)C(=O)NCc2ccco2)c2ccccc21. The molecule has 1 aliphatic heterocycles. The van der Waals surface area contributed by atoms with Crippen LogP contribution < -0.4 is 15.5 Å². The van der Waals surface area contributed by atoms with Crippen LogP contribution >= 0.6 is 0 Å². The summed E-state index contributed by atoms with van der Waals surface area (Å²) in [6.07, 6.45) is 1.48. The average Bonchev–Trinajstić information content (AvgIpc) is 3.16. The number of nitrogens with zero attached hydrogens (tertiary/aromatic N) is 1. The second kappa shape index (κ2) is 5.96. The van der Waals surface area contributed by atoms with E-state index in [0.29, 0.717) is 11.3 Å². The van der Waals surface area contributed by atoms with Gasteiger partial charge in [0.25, 0.3) is 5.91 Å². The molecule has 23 heavy (non-hydrogen) atoms. The third-order valence-electron chi connectivity index (χ3n) is 3.67. The van der Waals surface area contributed by atoms with Gasteiger partial charge in [-0.3, -0.25) is 14.4 Å². The van der Waals surface area contributed by atoms with E-state index in [0.717, 1.165) is 5.69 Å². The molecule has 3 rings (SSSR count). The lowest BCUT2D eigenvalue weighted by atomic mass is 10.1. The predicted octanol–water partition coefficient (Wildman–Crippen LogP) is 0.730. The smallest absolute Gasteiger partial charge is 0.310 e. The van der Waals surface area contributed by atoms with Crippen LogP contribution in [0.1, 0.15) is 17.4 Å². The van der Waals surface area contributed by atoms with Crippen molar-refractivity contribution in [3.63, 3.8) is 0 Å². The number of hydrogen-bond donors (Lipinski definition) is 2. The fourth-order valence-electron chi connectivity index (χ4n) is 2.48. The highest BCUT2D eigenvalue weighted by atomic mass is 16.3. The number of amides is 3. The molecule has 1 aliphatic rings. The Morgan fingerprint density at radius 1 is 1.17 bits per heavy atom. The molecule has 1 aromatic heterocycles. The molecule has 1 aromatic carbocycles. The third kappa shape index (κ3) is 2.80. The Balaban J connectivity index is 1.66. The number of carbonyl (C=O) groups excluding carboxylic acids is 3. The number of carbonyl (C=O) groups is 3. The number of para-hydroxylation sites is 1. The fraction of sp³-hybridized carbons (Fsp3) is 0.188. The lowest BCUT2D eigenvalue weighted by molar-refractivity contribution is -0.140. The molecule has 0 aliphatic carbocycles. The molecule has 118 valence electrons. The number of nitrogens with one attached hydrogen (secondary N) is 2. The zero-order valence-electron chi connectivity index (χ0n) is 12.4. The molecule has 7 heteroatoms. The van der Waals surface area contributed by atoms with Crippen LogP contribution in [-0.4, -0.2) is 24.8 Å². The van der Waals surface area contributed by atoms with E-state index in [1.807, 2.05) is 6.07 Å². The van der Waals surface area contributed by atoms with Gasteiger partial charge in [-0.1, -0.05) is 18.2 Å². The lowest BCUT2D eigenvalue weighted by Crippen LogP contribution is -2.43. The number of likely N-dealkylation sites (N-methyl/N-ethyl adjacent to an activating group) is 1. The first-order valence-electron chi connectivity index (χ1n) is 7.05. The molecule has 0 spiro atoms. The summed E-state index contributed by atoms with van der Waals surface area (Å²) >= 11 is 0. The van der Waals surface area contributed by atoms with E-state index in [2.05, 4.69) is 10.6 Å². The van der Waals surface area contributed by atoms with Crippen LogP contribution in [0.3, 0.4) is 0 Å². The maximum absolute atomic E-state index is 12.2. The highest BCUT2D eigenvalue weighted by Crippen LogP contribution is 2.34. The average molecular weight is 313 g/mol. The molecule has 0 fully saturated rings. The van der Waals surface area contributed by atoms with Crippen molar-refractivity contribution in [2.75, 3.05) is 11.9 Å². The first-order valence-corrected chi connectivity index (χ1v) is 7.05. The van der Waals surface area contributed by atoms with Gasteiger partial charge in [0, 0.05) is 18.3 Å². The van der Waals surface area contributed by atoms with Crippen molar-refractivity contribution in [1.29, 1.82) is 0 Å². The molecule has 3 amide bonds. The minimum Gasteiger partial charge on any atom is -0.467 e. The van der Waals surface area contributed by atoms with E-state index in [1.165, 1.54) is 11.2 Å². The zero-order valence-corrected chi connectivity index (χ0v) is 12.4. The van der Waals surface area contributed by atoms with Gasteiger partial charge in [-0.05, 0) is 18.2 Å². The molecular formula is C16H15N3O4. The molecule has 0 radical (unpaired) electrons. The Morgan fingerprint density at radius 2 is 1.96 bits per heavy atom. The summed E-state index contributed by atoms with van der Waals surface area (Å²) in [5.74, 6) is -1.42. The van der Waals surface area contributed by atoms with E-state index in [4.69, 9.17) is 4.42 Å². The van der Waals surface area contributed by atoms with Crippen molar-refractivity contribution >= 4 is 23.4 Å². The summed E-state index contributed by atoms with van der Waals surface area (Å²) in [5, 5.41) is 4.91. The molecule has 0 saturated heterocycles. The Labute approximate surface area is 132 Å². The molecule has 1 atom stereocenters. The van der Waals surface area contributed by atoms with Crippen LogP contribution in [0.2, 0.25) is 0 Å². The van der Waals surface area contributed by atoms with Crippen LogP contribution in [0, 0.1) is 0 Å². The first kappa shape index (κ1) is 14.8. The maximum atomic E-state index is 12.2. The van der Waals surface area contributed by atoms with Crippen molar-refractivity contribution in [2.45, 2.75) is 12.6 Å². The van der Waals surface area contributed by atoms with Crippen molar-refractivity contribution < 1.29 is 18.8 Å². The topological polar surface area (TPSA) is 91.7 Å². The Kier molecular flexibility index (Phi) is 3.84. The molecule has 0 saturated carbocycles. The summed E-state index contributed by atoms with van der Waals surface area (Å²) in [6.45, 7) is 0.106. The molecule has 0 bridgehead atoms. The van der Waals surface area contributed by atoms with Crippen LogP contribution in [0.25, 0.3) is 0 Å². The molecule has 2 N–H and O–H groups in total. The predicted molar refractivity (Wildman–Crippen MR) is 81.3 cm³/mol. The lowest BCUT2D eigenvalue weighted by Gasteiger charge is -2.12. The Bertz CT molecular complexity index is 754. The van der Waals surface area contributed by atoms with Crippen LogP contribution in [0.5, 0.6) is 0 Å². The Morgan fingerprint density at radius 3 is 2.70 bits per heavy atom. The third-order valence-corrected chi connectivity index (χ3v) is 3.67. The summed E-state index contributed by atoms with van der Waals surface area (Å²) < 4.78 is 5.07. The fourth-order valence-corrected chi connectivity index (χ4v) is 2.48. The van der Waals surface area contributed by atoms with E-state index >= 15 is 0 Å². The van der Waals surface area contributed by atoms with Gasteiger partial charge in [0.1, 0.15) is 11.8 Å². The second-order valence-electron chi connectivity index (χ2n) is 5.12. The largest absolute Gasteiger partial charge is 0.467 e. The van der Waals surface area contributed by atoms with Gasteiger partial charge in [-0.15, -0.1) is 0 Å². The monoisotopic (exact) mass is 313 g/mol. The zero-order chi connectivity index (χ0) is 16.4. The number of rotatable bonds is 3. The minimum absolute atomic E-state index is 0.106. The van der Waals surface area contributed by atoms with Crippen LogP contribution in [-0.2, 0) is 20.9 Å². The number of anilines is 1. The number of furan rings is 1. The summed E-state index contributed by atoms with van der Waals surface area (Å²) in [5.41, 5.74) is 1.39. The molecule has 2 aromatic rings. The van der Waals surface area contributed by atoms with E-state index in [1.54, 1.807) is 37.4 Å². The van der Waals surface area contributed by atoms with Gasteiger partial charge in [0.05, 0.1) is 12.8 Å². The van der Waals surface area contributed by atoms with Gasteiger partial charge >= 0.3 is 11.8 Å². The van der Waals surface area contributed by atoms with Crippen molar-refractivity contribution in [3.8, 4) is 0 Å². The number of fused-ring (bicyclic) bond motifs is 1. The van der Waals surface area contributed by atoms with E-state index < -0.39 is 17.9 Å². The van der Waals surface area contributed by atoms with E-state index in [9.17, 15) is 14.4 Å². The maximum Gasteiger partial charge on any atom is 0.310 e. The van der Waals surface area contributed by atoms with Gasteiger partial charge in [-0.2, -0.15) is 0 Å². The molecular weight excluding hydrogens is 298 g/mol. The van der Waals surface area contributed by atoms with Crippen molar-refractivity contribution in [2.24, 2.45) is 0 Å². The normalized spacial score (nSPS) is 16.1. The minimum atomic E-state index is -0.861. The van der Waals surface area contributed by atoms with Gasteiger partial charge < -0.3 is 20.0 Å². The molecule has 2 heterocycles. The summed E-state index contributed by atoms with van der Waals surface area (Å²) in [6, 6.07) is 9.65. The van der Waals surface area contributed by atoms with Gasteiger partial charge in [0.15, 0.2) is 0 Å². The quantitative estimate of drug-likeness (QED) is 0.817. The first-order chi connectivity index (χ1) is 11.1. The second-order valence-corrected chi connectivity index (χ2v) is 5.12. The number of hydrogen-bond acceptors (Lipinski definition) is 4. The van der Waals surface area contributed by atoms with E-state index in [-0.39, 0.29) is 12.5 Å². The highest BCUT2D eigenvalue weighted by molar-refractivity contribution is 6.35. The summed E-state index contributed by atoms with van der Waals surface area (Å²) in [7, 11) is 1.63.